The Balaban J connectivity index is 1.76. The third-order valence-electron chi connectivity index (χ3n) is 5.55. The van der Waals surface area contributed by atoms with Crippen molar-refractivity contribution in [2.75, 3.05) is 5.32 Å². The molecule has 32 heavy (non-hydrogen) atoms. The number of nitrogens with one attached hydrogen (secondary N) is 2. The van der Waals surface area contributed by atoms with Crippen LogP contribution >= 0.6 is 11.6 Å². The minimum absolute atomic E-state index is 0.0311. The first kappa shape index (κ1) is 22.1. The quantitative estimate of drug-likeness (QED) is 0.645. The SMILES string of the molecule is CC1=C(C(=O)Nc2cc(C(F)(F)F)ccc2Cl)[C@@H](c2ccccn2)C2=C(CCCC2=O)N1. The number of allylic oxidation sites excluding steroid dienone is 3. The fraction of sp³-hybridized carbons (Fsp3) is 0.261. The highest BCUT2D eigenvalue weighted by Gasteiger charge is 2.39. The number of amides is 1. The number of alkyl halides is 3. The van der Waals surface area contributed by atoms with Crippen LogP contribution in [0.4, 0.5) is 18.9 Å². The summed E-state index contributed by atoms with van der Waals surface area (Å²) in [5.74, 6) is -1.47. The van der Waals surface area contributed by atoms with Crippen LogP contribution < -0.4 is 10.6 Å². The summed E-state index contributed by atoms with van der Waals surface area (Å²) in [6.45, 7) is 1.70. The van der Waals surface area contributed by atoms with Crippen molar-refractivity contribution in [2.24, 2.45) is 0 Å². The van der Waals surface area contributed by atoms with Crippen LogP contribution in [-0.4, -0.2) is 16.7 Å². The fourth-order valence-corrected chi connectivity index (χ4v) is 4.28. The molecule has 2 aromatic rings. The average Bonchev–Trinajstić information content (AvgIpc) is 2.74. The first-order chi connectivity index (χ1) is 15.2. The van der Waals surface area contributed by atoms with Gasteiger partial charge >= 0.3 is 6.18 Å². The first-order valence-electron chi connectivity index (χ1n) is 10.00. The Bertz CT molecular complexity index is 1160. The number of benzene rings is 1. The zero-order chi connectivity index (χ0) is 23.0. The number of aromatic nitrogens is 1. The molecular weight excluding hydrogens is 443 g/mol. The number of rotatable bonds is 3. The lowest BCUT2D eigenvalue weighted by molar-refractivity contribution is -0.137. The van der Waals surface area contributed by atoms with Gasteiger partial charge in [-0.3, -0.25) is 14.6 Å². The third-order valence-corrected chi connectivity index (χ3v) is 5.88. The molecule has 5 nitrogen and oxygen atoms in total. The van der Waals surface area contributed by atoms with Crippen LogP contribution in [0.3, 0.4) is 0 Å². The molecule has 2 N–H and O–H groups in total. The first-order valence-corrected chi connectivity index (χ1v) is 10.4. The zero-order valence-corrected chi connectivity index (χ0v) is 17.8. The van der Waals surface area contributed by atoms with Crippen molar-refractivity contribution < 1.29 is 22.8 Å². The predicted octanol–water partition coefficient (Wildman–Crippen LogP) is 5.36. The summed E-state index contributed by atoms with van der Waals surface area (Å²) in [5, 5.41) is 5.62. The number of halogens is 4. The largest absolute Gasteiger partial charge is 0.416 e. The smallest absolute Gasteiger partial charge is 0.362 e. The lowest BCUT2D eigenvalue weighted by Crippen LogP contribution is -2.35. The Morgan fingerprint density at radius 1 is 1.22 bits per heavy atom. The van der Waals surface area contributed by atoms with Gasteiger partial charge in [0.2, 0.25) is 0 Å². The maximum atomic E-state index is 13.3. The van der Waals surface area contributed by atoms with Gasteiger partial charge in [-0.15, -0.1) is 0 Å². The highest BCUT2D eigenvalue weighted by molar-refractivity contribution is 6.34. The molecule has 0 saturated heterocycles. The van der Waals surface area contributed by atoms with Gasteiger partial charge in [0.05, 0.1) is 27.9 Å². The Hall–Kier alpha value is -3.13. The molecule has 2 heterocycles. The monoisotopic (exact) mass is 461 g/mol. The molecule has 0 unspecified atom stereocenters. The topological polar surface area (TPSA) is 71.1 Å². The Labute approximate surface area is 187 Å². The Kier molecular flexibility index (Phi) is 5.81. The second-order valence-electron chi connectivity index (χ2n) is 7.67. The molecule has 4 rings (SSSR count). The molecule has 0 saturated carbocycles. The van der Waals surface area contributed by atoms with E-state index in [1.165, 1.54) is 0 Å². The molecule has 0 bridgehead atoms. The van der Waals surface area contributed by atoms with E-state index in [1.54, 1.807) is 31.3 Å². The van der Waals surface area contributed by atoms with Crippen LogP contribution in [0.1, 0.15) is 43.4 Å². The number of carbonyl (C=O) groups excluding carboxylic acids is 2. The zero-order valence-electron chi connectivity index (χ0n) is 17.0. The molecule has 1 aliphatic carbocycles. The van der Waals surface area contributed by atoms with E-state index in [2.05, 4.69) is 15.6 Å². The molecule has 0 radical (unpaired) electrons. The number of anilines is 1. The lowest BCUT2D eigenvalue weighted by Gasteiger charge is -2.34. The van der Waals surface area contributed by atoms with Crippen molar-refractivity contribution >= 4 is 29.0 Å². The molecule has 0 fully saturated rings. The number of hydrogen-bond donors (Lipinski definition) is 2. The minimum atomic E-state index is -4.59. The van der Waals surface area contributed by atoms with Gasteiger partial charge in [0.15, 0.2) is 5.78 Å². The van der Waals surface area contributed by atoms with E-state index < -0.39 is 23.6 Å². The number of dihydropyridines is 1. The predicted molar refractivity (Wildman–Crippen MR) is 114 cm³/mol. The molecule has 166 valence electrons. The molecule has 0 spiro atoms. The van der Waals surface area contributed by atoms with Crippen LogP contribution in [0.5, 0.6) is 0 Å². The molecule has 1 aromatic carbocycles. The van der Waals surface area contributed by atoms with Crippen molar-refractivity contribution in [1.82, 2.24) is 10.3 Å². The molecule has 2 aliphatic rings. The summed E-state index contributed by atoms with van der Waals surface area (Å²) in [6.07, 6.45) is -1.29. The number of Topliss-reactive ketones (excluding diaryl/α,β-unsaturated/α-hetero) is 1. The van der Waals surface area contributed by atoms with E-state index in [1.807, 2.05) is 0 Å². The van der Waals surface area contributed by atoms with Crippen LogP contribution in [0.25, 0.3) is 0 Å². The average molecular weight is 462 g/mol. The van der Waals surface area contributed by atoms with Gasteiger partial charge in [-0.05, 0) is 50.1 Å². The highest BCUT2D eigenvalue weighted by atomic mass is 35.5. The van der Waals surface area contributed by atoms with E-state index in [-0.39, 0.29) is 22.1 Å². The maximum Gasteiger partial charge on any atom is 0.416 e. The third kappa shape index (κ3) is 4.14. The van der Waals surface area contributed by atoms with Crippen molar-refractivity contribution in [3.63, 3.8) is 0 Å². The summed E-state index contributed by atoms with van der Waals surface area (Å²) < 4.78 is 39.4. The summed E-state index contributed by atoms with van der Waals surface area (Å²) in [5.41, 5.74) is 1.36. The normalized spacial score (nSPS) is 18.9. The van der Waals surface area contributed by atoms with Gasteiger partial charge in [-0.1, -0.05) is 17.7 Å². The molecule has 9 heteroatoms. The lowest BCUT2D eigenvalue weighted by atomic mass is 9.76. The minimum Gasteiger partial charge on any atom is -0.362 e. The molecule has 1 amide bonds. The van der Waals surface area contributed by atoms with Crippen molar-refractivity contribution in [3.8, 4) is 0 Å². The highest BCUT2D eigenvalue weighted by Crippen LogP contribution is 2.42. The number of ketones is 1. The second kappa shape index (κ2) is 8.43. The second-order valence-corrected chi connectivity index (χ2v) is 8.07. The van der Waals surface area contributed by atoms with Gasteiger partial charge in [0.1, 0.15) is 0 Å². The Morgan fingerprint density at radius 3 is 2.69 bits per heavy atom. The number of nitrogens with zero attached hydrogens (tertiary/aromatic N) is 1. The Morgan fingerprint density at radius 2 is 2.00 bits per heavy atom. The van der Waals surface area contributed by atoms with Crippen molar-refractivity contribution in [2.45, 2.75) is 38.3 Å². The maximum absolute atomic E-state index is 13.3. The van der Waals surface area contributed by atoms with Crippen molar-refractivity contribution in [3.05, 3.63) is 81.4 Å². The molecule has 1 aliphatic heterocycles. The number of hydrogen-bond acceptors (Lipinski definition) is 4. The summed E-state index contributed by atoms with van der Waals surface area (Å²) in [4.78, 5) is 30.5. The van der Waals surface area contributed by atoms with Gasteiger partial charge in [-0.2, -0.15) is 13.2 Å². The van der Waals surface area contributed by atoms with E-state index in [0.29, 0.717) is 36.2 Å². The standard InChI is InChI=1S/C23H19ClF3N3O2/c1-12-19(22(32)30-17-11-13(23(25,26)27)8-9-14(17)24)21(15-5-2-3-10-28-15)20-16(29-12)6-4-7-18(20)31/h2-3,5,8-11,21,29H,4,6-7H2,1H3,(H,30,32)/t21-/m1/s1. The summed E-state index contributed by atoms with van der Waals surface area (Å²) in [6, 6.07) is 7.92. The molecule has 1 atom stereocenters. The van der Waals surface area contributed by atoms with Crippen LogP contribution in [0, 0.1) is 0 Å². The molecule has 1 aromatic heterocycles. The number of carbonyl (C=O) groups is 2. The van der Waals surface area contributed by atoms with Gasteiger partial charge in [-0.25, -0.2) is 0 Å². The van der Waals surface area contributed by atoms with E-state index in [0.717, 1.165) is 23.9 Å². The molecular formula is C23H19ClF3N3O2. The summed E-state index contributed by atoms with van der Waals surface area (Å²) in [7, 11) is 0. The van der Waals surface area contributed by atoms with Crippen LogP contribution in [-0.2, 0) is 15.8 Å². The van der Waals surface area contributed by atoms with Gasteiger partial charge in [0.25, 0.3) is 5.91 Å². The fourth-order valence-electron chi connectivity index (χ4n) is 4.11. The van der Waals surface area contributed by atoms with Crippen molar-refractivity contribution in [1.29, 1.82) is 0 Å². The van der Waals surface area contributed by atoms with E-state index in [9.17, 15) is 22.8 Å². The van der Waals surface area contributed by atoms with E-state index in [4.69, 9.17) is 11.6 Å². The van der Waals surface area contributed by atoms with Gasteiger partial charge in [0, 0.05) is 35.2 Å². The van der Waals surface area contributed by atoms with E-state index >= 15 is 0 Å². The van der Waals surface area contributed by atoms with Gasteiger partial charge < -0.3 is 10.6 Å². The summed E-state index contributed by atoms with van der Waals surface area (Å²) >= 11 is 6.06. The van der Waals surface area contributed by atoms with Crippen LogP contribution in [0.2, 0.25) is 5.02 Å². The number of pyridine rings is 1. The van der Waals surface area contributed by atoms with Crippen LogP contribution in [0.15, 0.2) is 65.1 Å².